The Balaban J connectivity index is 1.27. The van der Waals surface area contributed by atoms with Crippen molar-refractivity contribution in [2.45, 2.75) is 107 Å². The average molecular weight is 830 g/mol. The van der Waals surface area contributed by atoms with Gasteiger partial charge in [-0.25, -0.2) is 0 Å². The summed E-state index contributed by atoms with van der Waals surface area (Å²) in [4.78, 5) is 8.95. The normalized spacial score (nSPS) is 20.0. The van der Waals surface area contributed by atoms with Gasteiger partial charge in [-0.05, 0) is 119 Å². The molecule has 0 N–H and O–H groups in total. The van der Waals surface area contributed by atoms with Gasteiger partial charge in [-0.2, -0.15) is 0 Å². The summed E-state index contributed by atoms with van der Waals surface area (Å²) < 4.78 is 7.26. The molecular weight excluding hydrogens is 774 g/mol. The molecule has 62 heavy (non-hydrogen) atoms. The maximum absolute atomic E-state index is 7.10. The molecule has 2 atom stereocenters. The summed E-state index contributed by atoms with van der Waals surface area (Å²) in [6, 6.07) is 52.1. The van der Waals surface area contributed by atoms with Gasteiger partial charge in [0, 0.05) is 60.4 Å². The molecule has 2 unspecified atom stereocenters. The van der Waals surface area contributed by atoms with Crippen LogP contribution in [0.4, 0.5) is 51.2 Å². The first kappa shape index (κ1) is 39.3. The van der Waals surface area contributed by atoms with E-state index in [4.69, 9.17) is 4.42 Å². The minimum atomic E-state index is -0.182. The number of nitrogens with zero attached hydrogens (tertiary/aromatic N) is 3. The molecule has 6 aromatic carbocycles. The van der Waals surface area contributed by atoms with Gasteiger partial charge in [0.15, 0.2) is 0 Å². The van der Waals surface area contributed by atoms with Crippen molar-refractivity contribution in [2.75, 3.05) is 14.7 Å². The Kier molecular flexibility index (Phi) is 8.84. The van der Waals surface area contributed by atoms with E-state index in [9.17, 15) is 0 Å². The SMILES string of the molecule is CC(C)(C)c1ccc(N2c3cc(N(c4ccccc4)c4ccccc4)cc4c3B(c3cc5c(cc3N4c3ccccc3)SC3(C)CCCCC53C)c3occ(C(C)(C)C)c32)cc1. The van der Waals surface area contributed by atoms with Gasteiger partial charge < -0.3 is 19.1 Å². The van der Waals surface area contributed by atoms with Crippen LogP contribution in [0.5, 0.6) is 0 Å². The first-order chi connectivity index (χ1) is 29.7. The molecule has 4 nitrogen and oxygen atoms in total. The quantitative estimate of drug-likeness (QED) is 0.161. The molecule has 0 spiro atoms. The second-order valence-electron chi connectivity index (χ2n) is 20.5. The molecule has 1 fully saturated rings. The first-order valence-electron chi connectivity index (χ1n) is 22.6. The van der Waals surface area contributed by atoms with E-state index in [0.29, 0.717) is 0 Å². The Labute approximate surface area is 373 Å². The fourth-order valence-electron chi connectivity index (χ4n) is 11.1. The lowest BCUT2D eigenvalue weighted by molar-refractivity contribution is 0.260. The topological polar surface area (TPSA) is 22.9 Å². The van der Waals surface area contributed by atoms with E-state index in [1.54, 1.807) is 0 Å². The van der Waals surface area contributed by atoms with E-state index in [0.717, 1.165) is 39.8 Å². The van der Waals surface area contributed by atoms with Crippen LogP contribution in [-0.2, 0) is 16.2 Å². The highest BCUT2D eigenvalue weighted by molar-refractivity contribution is 8.01. The van der Waals surface area contributed by atoms with Crippen molar-refractivity contribution in [1.82, 2.24) is 0 Å². The lowest BCUT2D eigenvalue weighted by atomic mass is 9.35. The van der Waals surface area contributed by atoms with Crippen LogP contribution in [0.3, 0.4) is 0 Å². The maximum atomic E-state index is 7.10. The van der Waals surface area contributed by atoms with E-state index in [-0.39, 0.29) is 27.7 Å². The summed E-state index contributed by atoms with van der Waals surface area (Å²) in [5.74, 6) is 0. The third-order valence-corrected chi connectivity index (χ3v) is 16.3. The van der Waals surface area contributed by atoms with Crippen molar-refractivity contribution >= 4 is 86.2 Å². The number of fused-ring (bicyclic) bond motifs is 7. The molecule has 1 saturated carbocycles. The number of hydrogen-bond acceptors (Lipinski definition) is 5. The highest BCUT2D eigenvalue weighted by Gasteiger charge is 2.56. The summed E-state index contributed by atoms with van der Waals surface area (Å²) in [5.41, 5.74) is 17.9. The van der Waals surface area contributed by atoms with Gasteiger partial charge in [0.05, 0.1) is 23.3 Å². The number of thioether (sulfide) groups is 1. The molecule has 7 aromatic rings. The Bertz CT molecular complexity index is 2800. The number of para-hydroxylation sites is 3. The van der Waals surface area contributed by atoms with Gasteiger partial charge in [0.25, 0.3) is 6.71 Å². The second-order valence-corrected chi connectivity index (χ2v) is 22.1. The van der Waals surface area contributed by atoms with Crippen molar-refractivity contribution < 1.29 is 4.42 Å². The standard InChI is InChI=1S/C56H56BN3OS/c1-53(2,3)37-26-28-41(29-27-37)60-48-33-42(58(38-20-12-9-13-21-38)39-22-14-10-15-23-39)32-47-50(48)57(52-51(60)44(36-61-52)54(4,5)6)45-34-43-49(62-56(8)31-19-18-30-55(43,56)7)35-46(45)59(47)40-24-16-11-17-25-40/h9-17,20-29,32-36H,18-19,30-31H2,1-8H3. The largest absolute Gasteiger partial charge is 0.476 e. The summed E-state index contributed by atoms with van der Waals surface area (Å²) >= 11 is 2.13. The minimum Gasteiger partial charge on any atom is -0.476 e. The number of anilines is 9. The molecule has 4 heterocycles. The number of furan rings is 1. The van der Waals surface area contributed by atoms with Gasteiger partial charge in [-0.1, -0.05) is 134 Å². The fraction of sp³-hybridized carbons (Fsp3) is 0.286. The monoisotopic (exact) mass is 829 g/mol. The predicted octanol–water partition coefficient (Wildman–Crippen LogP) is 14.1. The Morgan fingerprint density at radius 3 is 1.81 bits per heavy atom. The first-order valence-corrected chi connectivity index (χ1v) is 23.4. The fourth-order valence-corrected chi connectivity index (χ4v) is 12.8. The van der Waals surface area contributed by atoms with Crippen LogP contribution in [0, 0.1) is 0 Å². The molecule has 0 radical (unpaired) electrons. The number of rotatable bonds is 5. The molecule has 1 aromatic heterocycles. The molecule has 3 aliphatic heterocycles. The van der Waals surface area contributed by atoms with Crippen LogP contribution in [-0.4, -0.2) is 11.5 Å². The molecule has 4 aliphatic rings. The third kappa shape index (κ3) is 5.89. The molecule has 0 amide bonds. The van der Waals surface area contributed by atoms with E-state index in [1.807, 2.05) is 0 Å². The Morgan fingerprint density at radius 1 is 0.613 bits per heavy atom. The highest BCUT2D eigenvalue weighted by Crippen LogP contribution is 2.63. The van der Waals surface area contributed by atoms with Crippen molar-refractivity contribution in [3.63, 3.8) is 0 Å². The van der Waals surface area contributed by atoms with Crippen LogP contribution in [0.2, 0.25) is 0 Å². The van der Waals surface area contributed by atoms with Crippen molar-refractivity contribution in [1.29, 1.82) is 0 Å². The third-order valence-electron chi connectivity index (χ3n) is 14.6. The number of benzene rings is 6. The molecule has 6 heteroatoms. The van der Waals surface area contributed by atoms with Crippen LogP contribution in [0.1, 0.15) is 97.8 Å². The zero-order valence-electron chi connectivity index (χ0n) is 37.4. The maximum Gasteiger partial charge on any atom is 0.297 e. The summed E-state index contributed by atoms with van der Waals surface area (Å²) in [6.45, 7) is 18.8. The zero-order valence-corrected chi connectivity index (χ0v) is 38.2. The minimum absolute atomic E-state index is 0.0251. The summed E-state index contributed by atoms with van der Waals surface area (Å²) in [5, 5.41) is 0. The van der Waals surface area contributed by atoms with E-state index >= 15 is 0 Å². The van der Waals surface area contributed by atoms with Crippen molar-refractivity contribution in [3.8, 4) is 0 Å². The van der Waals surface area contributed by atoms with E-state index < -0.39 is 0 Å². The van der Waals surface area contributed by atoms with Crippen LogP contribution in [0.15, 0.2) is 155 Å². The van der Waals surface area contributed by atoms with E-state index in [1.165, 1.54) is 75.3 Å². The van der Waals surface area contributed by atoms with Gasteiger partial charge in [-0.15, -0.1) is 11.8 Å². The molecule has 0 bridgehead atoms. The van der Waals surface area contributed by atoms with E-state index in [2.05, 4.69) is 228 Å². The lowest BCUT2D eigenvalue weighted by Crippen LogP contribution is -2.61. The molecule has 11 rings (SSSR count). The Morgan fingerprint density at radius 2 is 1.19 bits per heavy atom. The molecule has 1 aliphatic carbocycles. The van der Waals surface area contributed by atoms with Crippen LogP contribution < -0.4 is 31.3 Å². The van der Waals surface area contributed by atoms with Gasteiger partial charge in [-0.3, -0.25) is 0 Å². The van der Waals surface area contributed by atoms with Crippen molar-refractivity contribution in [2.24, 2.45) is 0 Å². The van der Waals surface area contributed by atoms with Crippen LogP contribution >= 0.6 is 11.8 Å². The number of hydrogen-bond donors (Lipinski definition) is 0. The summed E-state index contributed by atoms with van der Waals surface area (Å²) in [7, 11) is 0. The van der Waals surface area contributed by atoms with Gasteiger partial charge >= 0.3 is 0 Å². The van der Waals surface area contributed by atoms with Gasteiger partial charge in [0.2, 0.25) is 0 Å². The smallest absolute Gasteiger partial charge is 0.297 e. The molecular formula is C56H56BN3OS. The van der Waals surface area contributed by atoms with Crippen LogP contribution in [0.25, 0.3) is 0 Å². The molecule has 310 valence electrons. The zero-order chi connectivity index (χ0) is 42.8. The second kappa shape index (κ2) is 14.0. The lowest BCUT2D eigenvalue weighted by Gasteiger charge is -2.46. The van der Waals surface area contributed by atoms with Gasteiger partial charge in [0.1, 0.15) is 0 Å². The Hall–Kier alpha value is -5.59. The predicted molar refractivity (Wildman–Crippen MR) is 265 cm³/mol. The average Bonchev–Trinajstić information content (AvgIpc) is 3.80. The summed E-state index contributed by atoms with van der Waals surface area (Å²) in [6.07, 6.45) is 7.09. The molecule has 0 saturated heterocycles. The highest BCUT2D eigenvalue weighted by atomic mass is 32.2. The van der Waals surface area contributed by atoms with Crippen molar-refractivity contribution in [3.05, 3.63) is 162 Å².